The Hall–Kier alpha value is -1.64. The molecular weight excluding hydrogens is 359 g/mol. The molecule has 100 valence electrons. The van der Waals surface area contributed by atoms with Crippen LogP contribution in [-0.2, 0) is 0 Å². The van der Waals surface area contributed by atoms with Crippen molar-refractivity contribution in [2.45, 2.75) is 6.92 Å². The van der Waals surface area contributed by atoms with Gasteiger partial charge >= 0.3 is 0 Å². The lowest BCUT2D eigenvalue weighted by atomic mass is 10.2. The van der Waals surface area contributed by atoms with Crippen molar-refractivity contribution in [2.75, 3.05) is 13.7 Å². The summed E-state index contributed by atoms with van der Waals surface area (Å²) in [5.74, 6) is 1.45. The maximum atomic E-state index is 5.56. The monoisotopic (exact) mass is 372 g/mol. The van der Waals surface area contributed by atoms with E-state index in [1.165, 1.54) is 17.3 Å². The Bertz CT molecular complexity index is 569. The van der Waals surface area contributed by atoms with Crippen molar-refractivity contribution < 1.29 is 9.47 Å². The molecule has 2 rings (SSSR count). The molecule has 0 N–H and O–H groups in total. The van der Waals surface area contributed by atoms with Gasteiger partial charge in [0.2, 0.25) is 0 Å². The van der Waals surface area contributed by atoms with Crippen LogP contribution in [0.5, 0.6) is 11.5 Å². The molecule has 1 aromatic heterocycles. The fourth-order valence-corrected chi connectivity index (χ4v) is 2.27. The molecule has 0 unspecified atom stereocenters. The van der Waals surface area contributed by atoms with E-state index in [0.717, 1.165) is 14.9 Å². The van der Waals surface area contributed by atoms with E-state index in [2.05, 4.69) is 37.9 Å². The second-order valence-electron chi connectivity index (χ2n) is 3.55. The Morgan fingerprint density at radius 1 is 1.37 bits per heavy atom. The lowest BCUT2D eigenvalue weighted by Gasteiger charge is -2.11. The molecule has 2 aromatic rings. The van der Waals surface area contributed by atoms with Gasteiger partial charge in [-0.3, -0.25) is 0 Å². The highest BCUT2D eigenvalue weighted by atomic mass is 127. The third-order valence-electron chi connectivity index (χ3n) is 2.29. The standard InChI is InChI=1S/C12H13IN4O2/c1-3-19-12-10(13)4-9(5-11(12)18-2)6-16-17-7-14-15-8-17/h4-8H,3H2,1-2H3/b16-6-. The summed E-state index contributed by atoms with van der Waals surface area (Å²) in [7, 11) is 1.62. The van der Waals surface area contributed by atoms with Crippen molar-refractivity contribution in [1.29, 1.82) is 0 Å². The molecule has 0 aliphatic rings. The highest BCUT2D eigenvalue weighted by Gasteiger charge is 2.10. The minimum atomic E-state index is 0.598. The van der Waals surface area contributed by atoms with E-state index in [1.807, 2.05) is 19.1 Å². The average molecular weight is 372 g/mol. The van der Waals surface area contributed by atoms with Gasteiger partial charge in [0.05, 0.1) is 23.5 Å². The summed E-state index contributed by atoms with van der Waals surface area (Å²) < 4.78 is 13.4. The van der Waals surface area contributed by atoms with E-state index in [-0.39, 0.29) is 0 Å². The number of ether oxygens (including phenoxy) is 2. The predicted molar refractivity (Wildman–Crippen MR) is 79.9 cm³/mol. The molecule has 0 spiro atoms. The van der Waals surface area contributed by atoms with Crippen LogP contribution >= 0.6 is 22.6 Å². The third-order valence-corrected chi connectivity index (χ3v) is 3.09. The summed E-state index contributed by atoms with van der Waals surface area (Å²) in [5, 5.41) is 11.6. The fourth-order valence-electron chi connectivity index (χ4n) is 1.49. The Morgan fingerprint density at radius 3 is 2.74 bits per heavy atom. The van der Waals surface area contributed by atoms with Crippen LogP contribution < -0.4 is 9.47 Å². The van der Waals surface area contributed by atoms with Gasteiger partial charge in [-0.1, -0.05) is 0 Å². The number of rotatable bonds is 5. The average Bonchev–Trinajstić information content (AvgIpc) is 2.92. The van der Waals surface area contributed by atoms with Gasteiger partial charge in [0.25, 0.3) is 0 Å². The van der Waals surface area contributed by atoms with Gasteiger partial charge in [-0.05, 0) is 47.2 Å². The van der Waals surface area contributed by atoms with Crippen molar-refractivity contribution in [3.63, 3.8) is 0 Å². The molecule has 1 aromatic carbocycles. The molecule has 0 aliphatic carbocycles. The molecule has 0 aliphatic heterocycles. The third kappa shape index (κ3) is 3.43. The zero-order chi connectivity index (χ0) is 13.7. The van der Waals surface area contributed by atoms with Gasteiger partial charge in [-0.2, -0.15) is 5.10 Å². The molecule has 19 heavy (non-hydrogen) atoms. The van der Waals surface area contributed by atoms with Gasteiger partial charge in [0, 0.05) is 0 Å². The lowest BCUT2D eigenvalue weighted by molar-refractivity contribution is 0.308. The van der Waals surface area contributed by atoms with Crippen LogP contribution in [-0.4, -0.2) is 34.8 Å². The summed E-state index contributed by atoms with van der Waals surface area (Å²) >= 11 is 2.21. The zero-order valence-corrected chi connectivity index (χ0v) is 12.7. The van der Waals surface area contributed by atoms with Crippen LogP contribution in [0.1, 0.15) is 12.5 Å². The van der Waals surface area contributed by atoms with Gasteiger partial charge < -0.3 is 9.47 Å². The topological polar surface area (TPSA) is 61.5 Å². The number of nitrogens with zero attached hydrogens (tertiary/aromatic N) is 4. The number of hydrogen-bond acceptors (Lipinski definition) is 5. The number of methoxy groups -OCH3 is 1. The largest absolute Gasteiger partial charge is 0.493 e. The zero-order valence-electron chi connectivity index (χ0n) is 10.6. The molecule has 6 nitrogen and oxygen atoms in total. The second kappa shape index (κ2) is 6.50. The fraction of sp³-hybridized carbons (Fsp3) is 0.250. The summed E-state index contributed by atoms with van der Waals surface area (Å²) in [4.78, 5) is 0. The van der Waals surface area contributed by atoms with Gasteiger partial charge in [0.15, 0.2) is 11.5 Å². The van der Waals surface area contributed by atoms with Crippen LogP contribution in [0.4, 0.5) is 0 Å². The first-order chi connectivity index (χ1) is 9.24. The van der Waals surface area contributed by atoms with E-state index in [4.69, 9.17) is 9.47 Å². The van der Waals surface area contributed by atoms with Gasteiger partial charge in [-0.15, -0.1) is 10.2 Å². The molecular formula is C12H13IN4O2. The minimum Gasteiger partial charge on any atom is -0.493 e. The number of benzene rings is 1. The molecule has 0 fully saturated rings. The Morgan fingerprint density at radius 2 is 2.11 bits per heavy atom. The second-order valence-corrected chi connectivity index (χ2v) is 4.72. The molecule has 1 heterocycles. The van der Waals surface area contributed by atoms with Crippen molar-refractivity contribution in [2.24, 2.45) is 5.10 Å². The highest BCUT2D eigenvalue weighted by Crippen LogP contribution is 2.33. The molecule has 7 heteroatoms. The summed E-state index contributed by atoms with van der Waals surface area (Å²) in [6.45, 7) is 2.54. The van der Waals surface area contributed by atoms with Crippen LogP contribution in [0.15, 0.2) is 29.9 Å². The smallest absolute Gasteiger partial charge is 0.174 e. The lowest BCUT2D eigenvalue weighted by Crippen LogP contribution is -1.99. The van der Waals surface area contributed by atoms with Crippen LogP contribution in [0, 0.1) is 3.57 Å². The number of aromatic nitrogens is 3. The molecule has 0 atom stereocenters. The van der Waals surface area contributed by atoms with E-state index >= 15 is 0 Å². The van der Waals surface area contributed by atoms with Crippen molar-refractivity contribution in [1.82, 2.24) is 14.9 Å². The van der Waals surface area contributed by atoms with E-state index in [0.29, 0.717) is 12.4 Å². The quantitative estimate of drug-likeness (QED) is 0.596. The maximum Gasteiger partial charge on any atom is 0.174 e. The van der Waals surface area contributed by atoms with Crippen molar-refractivity contribution in [3.8, 4) is 11.5 Å². The van der Waals surface area contributed by atoms with E-state index in [9.17, 15) is 0 Å². The summed E-state index contributed by atoms with van der Waals surface area (Å²) in [5.41, 5.74) is 0.915. The van der Waals surface area contributed by atoms with Crippen LogP contribution in [0.2, 0.25) is 0 Å². The number of hydrogen-bond donors (Lipinski definition) is 0. The predicted octanol–water partition coefficient (Wildman–Crippen LogP) is 2.17. The van der Waals surface area contributed by atoms with Gasteiger partial charge in [0.1, 0.15) is 12.7 Å². The highest BCUT2D eigenvalue weighted by molar-refractivity contribution is 14.1. The van der Waals surface area contributed by atoms with Crippen LogP contribution in [0.3, 0.4) is 0 Å². The SMILES string of the molecule is CCOc1c(I)cc(/C=N\n2cnnc2)cc1OC. The normalized spacial score (nSPS) is 10.9. The first kappa shape index (κ1) is 13.8. The van der Waals surface area contributed by atoms with E-state index in [1.54, 1.807) is 13.3 Å². The molecule has 0 amide bonds. The van der Waals surface area contributed by atoms with Gasteiger partial charge in [-0.25, -0.2) is 4.68 Å². The summed E-state index contributed by atoms with van der Waals surface area (Å²) in [6.07, 6.45) is 4.75. The molecule has 0 bridgehead atoms. The minimum absolute atomic E-state index is 0.598. The molecule has 0 saturated heterocycles. The Labute approximate surface area is 124 Å². The maximum absolute atomic E-state index is 5.56. The summed E-state index contributed by atoms with van der Waals surface area (Å²) in [6, 6.07) is 3.85. The van der Waals surface area contributed by atoms with Crippen LogP contribution in [0.25, 0.3) is 0 Å². The van der Waals surface area contributed by atoms with E-state index < -0.39 is 0 Å². The Balaban J connectivity index is 2.30. The first-order valence-corrected chi connectivity index (χ1v) is 6.71. The van der Waals surface area contributed by atoms with Crippen molar-refractivity contribution >= 4 is 28.8 Å². The Kier molecular flexibility index (Phi) is 4.72. The number of halogens is 1. The molecule has 0 radical (unpaired) electrons. The molecule has 0 saturated carbocycles. The van der Waals surface area contributed by atoms with Crippen molar-refractivity contribution in [3.05, 3.63) is 33.9 Å². The first-order valence-electron chi connectivity index (χ1n) is 5.64.